The molecule has 1 aromatic heterocycles. The summed E-state index contributed by atoms with van der Waals surface area (Å²) in [5, 5.41) is 1.05. The van der Waals surface area contributed by atoms with E-state index in [0.29, 0.717) is 6.61 Å². The molecule has 92 valence electrons. The van der Waals surface area contributed by atoms with Crippen molar-refractivity contribution in [2.45, 2.75) is 6.61 Å². The van der Waals surface area contributed by atoms with Crippen LogP contribution in [0.4, 0.5) is 0 Å². The van der Waals surface area contributed by atoms with E-state index >= 15 is 0 Å². The van der Waals surface area contributed by atoms with Crippen LogP contribution in [-0.2, 0) is 6.61 Å². The van der Waals surface area contributed by atoms with E-state index in [1.165, 1.54) is 5.56 Å². The van der Waals surface area contributed by atoms with Gasteiger partial charge in [-0.3, -0.25) is 4.79 Å². The number of ether oxygens (including phenoxy) is 1. The molecule has 4 rings (SSSR count). The van der Waals surface area contributed by atoms with E-state index in [1.54, 1.807) is 6.07 Å². The number of H-pyrrole nitrogens is 1. The molecule has 1 N–H and O–H groups in total. The van der Waals surface area contributed by atoms with Crippen LogP contribution < -0.4 is 10.3 Å². The number of rotatable bonds is 0. The maximum Gasteiger partial charge on any atom is 0.248 e. The summed E-state index contributed by atoms with van der Waals surface area (Å²) in [4.78, 5) is 14.2. The Balaban J connectivity index is 2.09. The van der Waals surface area contributed by atoms with Gasteiger partial charge in [0.2, 0.25) is 5.56 Å². The molecule has 0 bridgehead atoms. The zero-order valence-corrected chi connectivity index (χ0v) is 10.1. The Hall–Kier alpha value is -2.55. The van der Waals surface area contributed by atoms with Crippen molar-refractivity contribution >= 4 is 10.9 Å². The lowest BCUT2D eigenvalue weighted by atomic mass is 9.94. The van der Waals surface area contributed by atoms with Crippen LogP contribution in [0.5, 0.6) is 5.75 Å². The molecule has 3 heteroatoms. The summed E-state index contributed by atoms with van der Waals surface area (Å²) in [7, 11) is 0. The van der Waals surface area contributed by atoms with Crippen LogP contribution in [0.1, 0.15) is 5.56 Å². The van der Waals surface area contributed by atoms with Crippen LogP contribution >= 0.6 is 0 Å². The Bertz CT molecular complexity index is 849. The SMILES string of the molecule is O=c1ccc2c3c(ccc2[nH]1)-c1ccccc1OC3. The van der Waals surface area contributed by atoms with Gasteiger partial charge >= 0.3 is 0 Å². The molecule has 0 saturated heterocycles. The lowest BCUT2D eigenvalue weighted by Gasteiger charge is -2.22. The number of hydrogen-bond acceptors (Lipinski definition) is 2. The second-order valence-corrected chi connectivity index (χ2v) is 4.66. The lowest BCUT2D eigenvalue weighted by molar-refractivity contribution is 0.304. The van der Waals surface area contributed by atoms with Gasteiger partial charge in [-0.1, -0.05) is 24.3 Å². The highest BCUT2D eigenvalue weighted by Gasteiger charge is 2.18. The minimum absolute atomic E-state index is 0.0791. The van der Waals surface area contributed by atoms with Gasteiger partial charge in [0.15, 0.2) is 0 Å². The first-order chi connectivity index (χ1) is 9.33. The molecular weight excluding hydrogens is 238 g/mol. The monoisotopic (exact) mass is 249 g/mol. The van der Waals surface area contributed by atoms with Crippen molar-refractivity contribution in [3.63, 3.8) is 0 Å². The molecule has 3 aromatic rings. The van der Waals surface area contributed by atoms with Crippen molar-refractivity contribution in [1.82, 2.24) is 4.98 Å². The second-order valence-electron chi connectivity index (χ2n) is 4.66. The minimum Gasteiger partial charge on any atom is -0.488 e. The molecule has 0 aliphatic carbocycles. The maximum atomic E-state index is 11.4. The Kier molecular flexibility index (Phi) is 2.03. The number of aromatic amines is 1. The fraction of sp³-hybridized carbons (Fsp3) is 0.0625. The summed E-state index contributed by atoms with van der Waals surface area (Å²) in [5.41, 5.74) is 4.20. The van der Waals surface area contributed by atoms with Crippen molar-refractivity contribution < 1.29 is 4.74 Å². The number of pyridine rings is 1. The molecule has 0 saturated carbocycles. The van der Waals surface area contributed by atoms with E-state index in [0.717, 1.165) is 27.8 Å². The lowest BCUT2D eigenvalue weighted by Crippen LogP contribution is -2.08. The Morgan fingerprint density at radius 1 is 0.947 bits per heavy atom. The summed E-state index contributed by atoms with van der Waals surface area (Å²) in [5.74, 6) is 0.916. The first-order valence-corrected chi connectivity index (χ1v) is 6.20. The van der Waals surface area contributed by atoms with E-state index in [2.05, 4.69) is 17.1 Å². The number of fused-ring (bicyclic) bond motifs is 5. The van der Waals surface area contributed by atoms with E-state index in [1.807, 2.05) is 30.3 Å². The number of hydrogen-bond donors (Lipinski definition) is 1. The summed E-state index contributed by atoms with van der Waals surface area (Å²) >= 11 is 0. The highest BCUT2D eigenvalue weighted by molar-refractivity contribution is 5.91. The predicted octanol–water partition coefficient (Wildman–Crippen LogP) is 3.09. The number of benzene rings is 2. The van der Waals surface area contributed by atoms with Crippen LogP contribution in [-0.4, -0.2) is 4.98 Å². The average molecular weight is 249 g/mol. The van der Waals surface area contributed by atoms with Gasteiger partial charge in [-0.25, -0.2) is 0 Å². The maximum absolute atomic E-state index is 11.4. The van der Waals surface area contributed by atoms with Gasteiger partial charge < -0.3 is 9.72 Å². The quantitative estimate of drug-likeness (QED) is 0.665. The van der Waals surface area contributed by atoms with Crippen LogP contribution in [0.15, 0.2) is 53.3 Å². The largest absolute Gasteiger partial charge is 0.488 e. The standard InChI is InChI=1S/C16H11NO2/c18-16-8-6-11-13-9-19-15-4-2-1-3-12(15)10(13)5-7-14(11)17-16/h1-8H,9H2,(H,17,18). The van der Waals surface area contributed by atoms with Crippen molar-refractivity contribution in [1.29, 1.82) is 0 Å². The van der Waals surface area contributed by atoms with Gasteiger partial charge in [0.25, 0.3) is 0 Å². The smallest absolute Gasteiger partial charge is 0.248 e. The number of nitrogens with one attached hydrogen (secondary N) is 1. The van der Waals surface area contributed by atoms with Crippen LogP contribution in [0, 0.1) is 0 Å². The van der Waals surface area contributed by atoms with E-state index in [-0.39, 0.29) is 5.56 Å². The van der Waals surface area contributed by atoms with Crippen molar-refractivity contribution in [3.8, 4) is 16.9 Å². The molecule has 1 aliphatic rings. The highest BCUT2D eigenvalue weighted by Crippen LogP contribution is 2.39. The first kappa shape index (κ1) is 10.4. The molecule has 3 nitrogen and oxygen atoms in total. The highest BCUT2D eigenvalue weighted by atomic mass is 16.5. The Morgan fingerprint density at radius 2 is 1.84 bits per heavy atom. The summed E-state index contributed by atoms with van der Waals surface area (Å²) in [6, 6.07) is 15.5. The molecule has 1 aliphatic heterocycles. The molecule has 0 spiro atoms. The minimum atomic E-state index is -0.0791. The average Bonchev–Trinajstić information content (AvgIpc) is 2.46. The Morgan fingerprint density at radius 3 is 2.79 bits per heavy atom. The molecule has 0 radical (unpaired) electrons. The Labute approximate surface area is 109 Å². The third-order valence-electron chi connectivity index (χ3n) is 3.57. The summed E-state index contributed by atoms with van der Waals surface area (Å²) in [6.45, 7) is 0.537. The van der Waals surface area contributed by atoms with Crippen LogP contribution in [0.3, 0.4) is 0 Å². The summed E-state index contributed by atoms with van der Waals surface area (Å²) < 4.78 is 5.80. The molecule has 0 amide bonds. The van der Waals surface area contributed by atoms with Crippen LogP contribution in [0.25, 0.3) is 22.0 Å². The van der Waals surface area contributed by atoms with Gasteiger partial charge in [-0.05, 0) is 23.8 Å². The van der Waals surface area contributed by atoms with E-state index in [9.17, 15) is 4.79 Å². The van der Waals surface area contributed by atoms with Crippen molar-refractivity contribution in [2.24, 2.45) is 0 Å². The first-order valence-electron chi connectivity index (χ1n) is 6.20. The predicted molar refractivity (Wildman–Crippen MR) is 74.3 cm³/mol. The fourth-order valence-corrected chi connectivity index (χ4v) is 2.67. The number of aromatic nitrogens is 1. The van der Waals surface area contributed by atoms with Crippen molar-refractivity contribution in [2.75, 3.05) is 0 Å². The van der Waals surface area contributed by atoms with E-state index < -0.39 is 0 Å². The van der Waals surface area contributed by atoms with Crippen molar-refractivity contribution in [3.05, 3.63) is 64.4 Å². The summed E-state index contributed by atoms with van der Waals surface area (Å²) in [6.07, 6.45) is 0. The zero-order valence-electron chi connectivity index (χ0n) is 10.1. The van der Waals surface area contributed by atoms with Gasteiger partial charge in [0.05, 0.1) is 0 Å². The molecule has 0 unspecified atom stereocenters. The van der Waals surface area contributed by atoms with Gasteiger partial charge in [-0.15, -0.1) is 0 Å². The normalized spacial score (nSPS) is 12.6. The van der Waals surface area contributed by atoms with Gasteiger partial charge in [0, 0.05) is 28.1 Å². The molecule has 0 atom stereocenters. The van der Waals surface area contributed by atoms with E-state index in [4.69, 9.17) is 4.74 Å². The second kappa shape index (κ2) is 3.72. The number of para-hydroxylation sites is 1. The third-order valence-corrected chi connectivity index (χ3v) is 3.57. The molecule has 2 heterocycles. The third kappa shape index (κ3) is 1.48. The fourth-order valence-electron chi connectivity index (χ4n) is 2.67. The van der Waals surface area contributed by atoms with Crippen LogP contribution in [0.2, 0.25) is 0 Å². The molecule has 0 fully saturated rings. The topological polar surface area (TPSA) is 42.1 Å². The molecular formula is C16H11NO2. The van der Waals surface area contributed by atoms with Gasteiger partial charge in [-0.2, -0.15) is 0 Å². The molecule has 2 aromatic carbocycles. The zero-order chi connectivity index (χ0) is 12.8. The van der Waals surface area contributed by atoms with Gasteiger partial charge in [0.1, 0.15) is 12.4 Å². The molecule has 19 heavy (non-hydrogen) atoms.